The lowest BCUT2D eigenvalue weighted by Crippen LogP contribution is -2.38. The van der Waals surface area contributed by atoms with E-state index < -0.39 is 22.5 Å². The summed E-state index contributed by atoms with van der Waals surface area (Å²) < 4.78 is 34.2. The van der Waals surface area contributed by atoms with Gasteiger partial charge in [-0.3, -0.25) is 13.9 Å². The van der Waals surface area contributed by atoms with Crippen molar-refractivity contribution in [2.75, 3.05) is 16.2 Å². The molecule has 4 aromatic carbocycles. The van der Waals surface area contributed by atoms with Gasteiger partial charge < -0.3 is 15.4 Å². The summed E-state index contributed by atoms with van der Waals surface area (Å²) in [4.78, 5) is 26.1. The fourth-order valence-corrected chi connectivity index (χ4v) is 5.30. The maximum atomic E-state index is 13.7. The molecule has 0 saturated carbocycles. The van der Waals surface area contributed by atoms with Crippen LogP contribution in [-0.4, -0.2) is 32.8 Å². The van der Waals surface area contributed by atoms with E-state index in [-0.39, 0.29) is 33.8 Å². The molecule has 4 rings (SSSR count). The lowest BCUT2D eigenvalue weighted by Gasteiger charge is -2.24. The number of carbonyl (C=O) groups is 2. The largest absolute Gasteiger partial charge is 0.457 e. The minimum Gasteiger partial charge on any atom is -0.457 e. The Balaban J connectivity index is 1.60. The van der Waals surface area contributed by atoms with Gasteiger partial charge in [-0.05, 0) is 74.0 Å². The molecule has 0 aliphatic heterocycles. The predicted octanol–water partition coefficient (Wildman–Crippen LogP) is 5.84. The van der Waals surface area contributed by atoms with Crippen LogP contribution in [0.1, 0.15) is 30.6 Å². The Labute approximate surface area is 234 Å². The highest BCUT2D eigenvalue weighted by Gasteiger charge is 2.28. The topological polar surface area (TPSA) is 105 Å². The highest BCUT2D eigenvalue weighted by atomic mass is 32.2. The van der Waals surface area contributed by atoms with Crippen LogP contribution < -0.4 is 19.7 Å². The predicted molar refractivity (Wildman–Crippen MR) is 156 cm³/mol. The molecule has 2 N–H and O–H groups in total. The zero-order valence-electron chi connectivity index (χ0n) is 22.3. The number of amides is 2. The smallest absolute Gasteiger partial charge is 0.264 e. The van der Waals surface area contributed by atoms with Crippen LogP contribution in [0.25, 0.3) is 0 Å². The van der Waals surface area contributed by atoms with Crippen LogP contribution in [0.15, 0.2) is 114 Å². The van der Waals surface area contributed by atoms with Gasteiger partial charge in [0.2, 0.25) is 5.91 Å². The van der Waals surface area contributed by atoms with Crippen molar-refractivity contribution in [1.82, 2.24) is 5.32 Å². The molecule has 0 radical (unpaired) electrons. The molecule has 0 bridgehead atoms. The molecule has 8 nitrogen and oxygen atoms in total. The first-order chi connectivity index (χ1) is 19.3. The van der Waals surface area contributed by atoms with E-state index >= 15 is 0 Å². The van der Waals surface area contributed by atoms with Crippen molar-refractivity contribution in [1.29, 1.82) is 0 Å². The molecular weight excluding hydrogens is 526 g/mol. The van der Waals surface area contributed by atoms with Crippen LogP contribution in [0.3, 0.4) is 0 Å². The number of anilines is 2. The van der Waals surface area contributed by atoms with E-state index in [1.54, 1.807) is 66.7 Å². The number of nitrogens with zero attached hydrogens (tertiary/aromatic N) is 1. The molecule has 0 fully saturated rings. The molecule has 9 heteroatoms. The van der Waals surface area contributed by atoms with Gasteiger partial charge in [0.1, 0.15) is 18.0 Å². The van der Waals surface area contributed by atoms with E-state index in [0.717, 1.165) is 10.7 Å². The van der Waals surface area contributed by atoms with Gasteiger partial charge >= 0.3 is 0 Å². The zero-order valence-corrected chi connectivity index (χ0v) is 23.1. The van der Waals surface area contributed by atoms with Gasteiger partial charge in [-0.1, -0.05) is 55.5 Å². The summed E-state index contributed by atoms with van der Waals surface area (Å²) in [6.45, 7) is 3.33. The standard InChI is InChI=1S/C31H31N3O5S/c1-3-23(2)32-31(36)28-16-10-11-17-29(28)33-30(35)22-34(40(37,38)27-14-8-5-9-15-27)24-18-20-26(21-19-24)39-25-12-6-4-7-13-25/h4-21,23H,3,22H2,1-2H3,(H,32,36)(H,33,35). The van der Waals surface area contributed by atoms with Crippen molar-refractivity contribution in [3.63, 3.8) is 0 Å². The normalized spacial score (nSPS) is 11.8. The van der Waals surface area contributed by atoms with Gasteiger partial charge in [0.25, 0.3) is 15.9 Å². The number of hydrogen-bond acceptors (Lipinski definition) is 5. The molecule has 0 aliphatic carbocycles. The number of carbonyl (C=O) groups excluding carboxylic acids is 2. The van der Waals surface area contributed by atoms with Crippen molar-refractivity contribution in [3.8, 4) is 11.5 Å². The van der Waals surface area contributed by atoms with Gasteiger partial charge in [-0.2, -0.15) is 0 Å². The Morgan fingerprint density at radius 1 is 0.800 bits per heavy atom. The average Bonchev–Trinajstić information content (AvgIpc) is 2.97. The van der Waals surface area contributed by atoms with Crippen molar-refractivity contribution >= 4 is 33.2 Å². The maximum Gasteiger partial charge on any atom is 0.264 e. The van der Waals surface area contributed by atoms with E-state index in [4.69, 9.17) is 4.74 Å². The third-order valence-corrected chi connectivity index (χ3v) is 7.95. The van der Waals surface area contributed by atoms with Crippen molar-refractivity contribution < 1.29 is 22.7 Å². The molecule has 4 aromatic rings. The average molecular weight is 558 g/mol. The van der Waals surface area contributed by atoms with E-state index in [9.17, 15) is 18.0 Å². The Kier molecular flexibility index (Phi) is 9.19. The molecule has 1 atom stereocenters. The maximum absolute atomic E-state index is 13.7. The number of rotatable bonds is 11. The molecule has 0 aromatic heterocycles. The molecular formula is C31H31N3O5S. The molecule has 206 valence electrons. The second-order valence-corrected chi connectivity index (χ2v) is 11.0. The summed E-state index contributed by atoms with van der Waals surface area (Å²) in [7, 11) is -4.11. The van der Waals surface area contributed by atoms with Crippen molar-refractivity contribution in [2.24, 2.45) is 0 Å². The fourth-order valence-electron chi connectivity index (χ4n) is 3.85. The van der Waals surface area contributed by atoms with Crippen LogP contribution in [0.2, 0.25) is 0 Å². The molecule has 0 aliphatic rings. The van der Waals surface area contributed by atoms with Gasteiger partial charge in [-0.25, -0.2) is 8.42 Å². The highest BCUT2D eigenvalue weighted by Crippen LogP contribution is 2.28. The summed E-state index contributed by atoms with van der Waals surface area (Å²) in [5.74, 6) is 0.220. The van der Waals surface area contributed by atoms with Gasteiger partial charge in [0.15, 0.2) is 0 Å². The summed E-state index contributed by atoms with van der Waals surface area (Å²) in [5.41, 5.74) is 0.857. The SMILES string of the molecule is CCC(C)NC(=O)c1ccccc1NC(=O)CN(c1ccc(Oc2ccccc2)cc1)S(=O)(=O)c1ccccc1. The molecule has 2 amide bonds. The van der Waals surface area contributed by atoms with E-state index in [1.807, 2.05) is 44.2 Å². The van der Waals surface area contributed by atoms with E-state index in [0.29, 0.717) is 11.5 Å². The number of nitrogens with one attached hydrogen (secondary N) is 2. The lowest BCUT2D eigenvalue weighted by atomic mass is 10.1. The van der Waals surface area contributed by atoms with Crippen molar-refractivity contribution in [2.45, 2.75) is 31.2 Å². The number of sulfonamides is 1. The Bertz CT molecular complexity index is 1540. The zero-order chi connectivity index (χ0) is 28.5. The summed E-state index contributed by atoms with van der Waals surface area (Å²) >= 11 is 0. The van der Waals surface area contributed by atoms with Crippen LogP contribution in [0.5, 0.6) is 11.5 Å². The number of ether oxygens (including phenoxy) is 1. The monoisotopic (exact) mass is 557 g/mol. The van der Waals surface area contributed by atoms with Crippen LogP contribution in [-0.2, 0) is 14.8 Å². The van der Waals surface area contributed by atoms with Gasteiger partial charge in [0, 0.05) is 6.04 Å². The fraction of sp³-hybridized carbons (Fsp3) is 0.161. The minimum atomic E-state index is -4.11. The molecule has 0 saturated heterocycles. The molecule has 1 unspecified atom stereocenters. The number of para-hydroxylation sites is 2. The summed E-state index contributed by atoms with van der Waals surface area (Å²) in [6.07, 6.45) is 0.752. The number of hydrogen-bond donors (Lipinski definition) is 2. The quantitative estimate of drug-likeness (QED) is 0.241. The van der Waals surface area contributed by atoms with E-state index in [2.05, 4.69) is 10.6 Å². The second kappa shape index (κ2) is 12.9. The Morgan fingerprint density at radius 3 is 2.02 bits per heavy atom. The third-order valence-electron chi connectivity index (χ3n) is 6.16. The van der Waals surface area contributed by atoms with Crippen molar-refractivity contribution in [3.05, 3.63) is 115 Å². The third kappa shape index (κ3) is 7.06. The molecule has 40 heavy (non-hydrogen) atoms. The highest BCUT2D eigenvalue weighted by molar-refractivity contribution is 7.92. The van der Waals surface area contributed by atoms with Gasteiger partial charge in [-0.15, -0.1) is 0 Å². The Hall–Kier alpha value is -4.63. The Morgan fingerprint density at radius 2 is 1.38 bits per heavy atom. The van der Waals surface area contributed by atoms with Crippen LogP contribution in [0, 0.1) is 0 Å². The van der Waals surface area contributed by atoms with Crippen LogP contribution in [0.4, 0.5) is 11.4 Å². The molecule has 0 spiro atoms. The number of benzene rings is 4. The lowest BCUT2D eigenvalue weighted by molar-refractivity contribution is -0.114. The van der Waals surface area contributed by atoms with Crippen LogP contribution >= 0.6 is 0 Å². The minimum absolute atomic E-state index is 0.0424. The summed E-state index contributed by atoms with van der Waals surface area (Å²) in [6, 6.07) is 30.1. The van der Waals surface area contributed by atoms with E-state index in [1.165, 1.54) is 12.1 Å². The first kappa shape index (κ1) is 28.4. The molecule has 0 heterocycles. The van der Waals surface area contributed by atoms with Gasteiger partial charge in [0.05, 0.1) is 21.8 Å². The first-order valence-electron chi connectivity index (χ1n) is 12.9. The first-order valence-corrected chi connectivity index (χ1v) is 14.3. The second-order valence-electron chi connectivity index (χ2n) is 9.11. The summed E-state index contributed by atoms with van der Waals surface area (Å²) in [5, 5.41) is 5.61.